The summed E-state index contributed by atoms with van der Waals surface area (Å²) in [7, 11) is 0. The van der Waals surface area contributed by atoms with Gasteiger partial charge in [-0.1, -0.05) is 37.6 Å². The van der Waals surface area contributed by atoms with Crippen LogP contribution in [-0.4, -0.2) is 5.91 Å². The van der Waals surface area contributed by atoms with E-state index in [1.807, 2.05) is 19.1 Å². The van der Waals surface area contributed by atoms with E-state index < -0.39 is 0 Å². The van der Waals surface area contributed by atoms with Crippen LogP contribution >= 0.6 is 0 Å². The SMILES string of the molecule is CCCCC(=O)NC(C)c1ccccc1C. The van der Waals surface area contributed by atoms with Crippen molar-refractivity contribution in [2.24, 2.45) is 0 Å². The molecule has 0 aliphatic rings. The third kappa shape index (κ3) is 3.69. The topological polar surface area (TPSA) is 29.1 Å². The highest BCUT2D eigenvalue weighted by molar-refractivity contribution is 5.76. The van der Waals surface area contributed by atoms with E-state index in [2.05, 4.69) is 31.3 Å². The molecule has 1 atom stereocenters. The van der Waals surface area contributed by atoms with Gasteiger partial charge >= 0.3 is 0 Å². The smallest absolute Gasteiger partial charge is 0.220 e. The monoisotopic (exact) mass is 219 g/mol. The lowest BCUT2D eigenvalue weighted by molar-refractivity contribution is -0.121. The summed E-state index contributed by atoms with van der Waals surface area (Å²) in [6, 6.07) is 8.27. The predicted octanol–water partition coefficient (Wildman–Crippen LogP) is 3.36. The predicted molar refractivity (Wildman–Crippen MR) is 67.3 cm³/mol. The van der Waals surface area contributed by atoms with Crippen molar-refractivity contribution >= 4 is 5.91 Å². The van der Waals surface area contributed by atoms with Crippen LogP contribution in [0.4, 0.5) is 0 Å². The zero-order valence-electron chi connectivity index (χ0n) is 10.4. The average Bonchev–Trinajstić information content (AvgIpc) is 2.26. The number of hydrogen-bond donors (Lipinski definition) is 1. The summed E-state index contributed by atoms with van der Waals surface area (Å²) >= 11 is 0. The fourth-order valence-electron chi connectivity index (χ4n) is 1.80. The van der Waals surface area contributed by atoms with Crippen LogP contribution in [0.25, 0.3) is 0 Å². The number of benzene rings is 1. The minimum atomic E-state index is 0.102. The van der Waals surface area contributed by atoms with Gasteiger partial charge in [-0.3, -0.25) is 4.79 Å². The first kappa shape index (κ1) is 12.8. The van der Waals surface area contributed by atoms with Crippen molar-refractivity contribution < 1.29 is 4.79 Å². The highest BCUT2D eigenvalue weighted by Crippen LogP contribution is 2.16. The molecule has 16 heavy (non-hydrogen) atoms. The maximum Gasteiger partial charge on any atom is 0.220 e. The minimum absolute atomic E-state index is 0.102. The van der Waals surface area contributed by atoms with Crippen LogP contribution in [0.1, 0.15) is 50.3 Å². The molecule has 0 bridgehead atoms. The van der Waals surface area contributed by atoms with E-state index in [0.29, 0.717) is 6.42 Å². The van der Waals surface area contributed by atoms with Gasteiger partial charge in [0.25, 0.3) is 0 Å². The molecular weight excluding hydrogens is 198 g/mol. The third-order valence-electron chi connectivity index (χ3n) is 2.79. The van der Waals surface area contributed by atoms with Crippen molar-refractivity contribution in [2.75, 3.05) is 0 Å². The van der Waals surface area contributed by atoms with E-state index in [4.69, 9.17) is 0 Å². The maximum absolute atomic E-state index is 11.6. The van der Waals surface area contributed by atoms with Gasteiger partial charge in [-0.2, -0.15) is 0 Å². The van der Waals surface area contributed by atoms with Gasteiger partial charge in [-0.25, -0.2) is 0 Å². The zero-order chi connectivity index (χ0) is 12.0. The third-order valence-corrected chi connectivity index (χ3v) is 2.79. The quantitative estimate of drug-likeness (QED) is 0.808. The van der Waals surface area contributed by atoms with Gasteiger partial charge in [-0.05, 0) is 31.4 Å². The number of aryl methyl sites for hydroxylation is 1. The van der Waals surface area contributed by atoms with E-state index in [-0.39, 0.29) is 11.9 Å². The molecule has 2 heteroatoms. The van der Waals surface area contributed by atoms with E-state index in [0.717, 1.165) is 12.8 Å². The standard InChI is InChI=1S/C14H21NO/c1-4-5-10-14(16)15-12(3)13-9-7-6-8-11(13)2/h6-9,12H,4-5,10H2,1-3H3,(H,15,16). The molecule has 1 unspecified atom stereocenters. The second kappa shape index (κ2) is 6.31. The largest absolute Gasteiger partial charge is 0.350 e. The normalized spacial score (nSPS) is 12.2. The van der Waals surface area contributed by atoms with E-state index in [9.17, 15) is 4.79 Å². The Labute approximate surface area is 98.1 Å². The van der Waals surface area contributed by atoms with Crippen LogP contribution in [-0.2, 0) is 4.79 Å². The Morgan fingerprint density at radius 2 is 2.06 bits per heavy atom. The summed E-state index contributed by atoms with van der Waals surface area (Å²) in [5.41, 5.74) is 2.43. The molecule has 0 heterocycles. The Bertz CT molecular complexity index is 346. The number of rotatable bonds is 5. The molecule has 0 saturated carbocycles. The van der Waals surface area contributed by atoms with E-state index in [1.165, 1.54) is 11.1 Å². The molecule has 1 amide bonds. The van der Waals surface area contributed by atoms with Gasteiger partial charge < -0.3 is 5.32 Å². The molecule has 1 rings (SSSR count). The number of amides is 1. The van der Waals surface area contributed by atoms with Crippen LogP contribution in [0.15, 0.2) is 24.3 Å². The molecular formula is C14H21NO. The fraction of sp³-hybridized carbons (Fsp3) is 0.500. The lowest BCUT2D eigenvalue weighted by Gasteiger charge is -2.16. The average molecular weight is 219 g/mol. The molecule has 0 aromatic heterocycles. The van der Waals surface area contributed by atoms with Gasteiger partial charge in [0.2, 0.25) is 5.91 Å². The molecule has 88 valence electrons. The molecule has 0 saturated heterocycles. The summed E-state index contributed by atoms with van der Waals surface area (Å²) in [6.45, 7) is 6.20. The van der Waals surface area contributed by atoms with Crippen molar-refractivity contribution in [3.8, 4) is 0 Å². The summed E-state index contributed by atoms with van der Waals surface area (Å²) < 4.78 is 0. The Morgan fingerprint density at radius 1 is 1.38 bits per heavy atom. The number of hydrogen-bond acceptors (Lipinski definition) is 1. The van der Waals surface area contributed by atoms with Crippen LogP contribution in [0, 0.1) is 6.92 Å². The van der Waals surface area contributed by atoms with Crippen LogP contribution in [0.5, 0.6) is 0 Å². The first-order chi connectivity index (χ1) is 7.65. The van der Waals surface area contributed by atoms with Crippen molar-refractivity contribution in [2.45, 2.75) is 46.1 Å². The van der Waals surface area contributed by atoms with Gasteiger partial charge in [0.1, 0.15) is 0 Å². The summed E-state index contributed by atoms with van der Waals surface area (Å²) in [4.78, 5) is 11.6. The zero-order valence-corrected chi connectivity index (χ0v) is 10.4. The fourth-order valence-corrected chi connectivity index (χ4v) is 1.80. The second-order valence-corrected chi connectivity index (χ2v) is 4.25. The molecule has 0 fully saturated rings. The summed E-state index contributed by atoms with van der Waals surface area (Å²) in [5.74, 6) is 0.151. The van der Waals surface area contributed by atoms with Gasteiger partial charge in [0, 0.05) is 6.42 Å². The van der Waals surface area contributed by atoms with Crippen LogP contribution < -0.4 is 5.32 Å². The van der Waals surface area contributed by atoms with Gasteiger partial charge in [0.15, 0.2) is 0 Å². The van der Waals surface area contributed by atoms with Crippen molar-refractivity contribution in [1.82, 2.24) is 5.32 Å². The Balaban J connectivity index is 2.55. The number of carbonyl (C=O) groups excluding carboxylic acids is 1. The number of carbonyl (C=O) groups is 1. The number of unbranched alkanes of at least 4 members (excludes halogenated alkanes) is 1. The Kier molecular flexibility index (Phi) is 5.03. The minimum Gasteiger partial charge on any atom is -0.350 e. The van der Waals surface area contributed by atoms with E-state index >= 15 is 0 Å². The molecule has 0 aliphatic carbocycles. The first-order valence-corrected chi connectivity index (χ1v) is 6.00. The number of nitrogens with one attached hydrogen (secondary N) is 1. The van der Waals surface area contributed by atoms with Crippen LogP contribution in [0.3, 0.4) is 0 Å². The molecule has 0 aliphatic heterocycles. The summed E-state index contributed by atoms with van der Waals surface area (Å²) in [6.07, 6.45) is 2.66. The molecule has 0 spiro atoms. The van der Waals surface area contributed by atoms with Crippen molar-refractivity contribution in [1.29, 1.82) is 0 Å². The Hall–Kier alpha value is -1.31. The molecule has 1 aromatic carbocycles. The maximum atomic E-state index is 11.6. The van der Waals surface area contributed by atoms with Crippen molar-refractivity contribution in [3.05, 3.63) is 35.4 Å². The highest BCUT2D eigenvalue weighted by Gasteiger charge is 2.10. The molecule has 2 nitrogen and oxygen atoms in total. The molecule has 1 aromatic rings. The van der Waals surface area contributed by atoms with Crippen molar-refractivity contribution in [3.63, 3.8) is 0 Å². The Morgan fingerprint density at radius 3 is 2.69 bits per heavy atom. The second-order valence-electron chi connectivity index (χ2n) is 4.25. The van der Waals surface area contributed by atoms with Crippen LogP contribution in [0.2, 0.25) is 0 Å². The lowest BCUT2D eigenvalue weighted by atomic mass is 10.0. The molecule has 0 radical (unpaired) electrons. The van der Waals surface area contributed by atoms with Gasteiger partial charge in [-0.15, -0.1) is 0 Å². The summed E-state index contributed by atoms with van der Waals surface area (Å²) in [5, 5.41) is 3.03. The van der Waals surface area contributed by atoms with Gasteiger partial charge in [0.05, 0.1) is 6.04 Å². The highest BCUT2D eigenvalue weighted by atomic mass is 16.1. The lowest BCUT2D eigenvalue weighted by Crippen LogP contribution is -2.26. The molecule has 1 N–H and O–H groups in total. The van der Waals surface area contributed by atoms with E-state index in [1.54, 1.807) is 0 Å². The first-order valence-electron chi connectivity index (χ1n) is 6.00.